The minimum absolute atomic E-state index is 0. The number of rotatable bonds is 9. The van der Waals surface area contributed by atoms with Crippen molar-refractivity contribution < 1.29 is 14.3 Å². The fraction of sp³-hybridized carbons (Fsp3) is 0.391. The highest BCUT2D eigenvalue weighted by Gasteiger charge is 2.28. The second kappa shape index (κ2) is 12.6. The molecular weight excluding hydrogens is 434 g/mol. The molecule has 1 aliphatic rings. The van der Waals surface area contributed by atoms with Gasteiger partial charge in [0.1, 0.15) is 11.8 Å². The maximum absolute atomic E-state index is 12.9. The lowest BCUT2D eigenvalue weighted by Crippen LogP contribution is -2.54. The van der Waals surface area contributed by atoms with Crippen LogP contribution in [0.1, 0.15) is 23.1 Å². The Labute approximate surface area is 194 Å². The van der Waals surface area contributed by atoms with Crippen LogP contribution in [-0.2, 0) is 29.1 Å². The third-order valence-electron chi connectivity index (χ3n) is 5.27. The number of hydrogen-bond donors (Lipinski definition) is 3. The van der Waals surface area contributed by atoms with Crippen LogP contribution in [0.5, 0.6) is 5.75 Å². The van der Waals surface area contributed by atoms with E-state index in [2.05, 4.69) is 28.1 Å². The van der Waals surface area contributed by atoms with Crippen molar-refractivity contribution in [2.24, 2.45) is 0 Å². The van der Waals surface area contributed by atoms with Crippen molar-refractivity contribution >= 4 is 36.0 Å². The van der Waals surface area contributed by atoms with E-state index >= 15 is 0 Å². The van der Waals surface area contributed by atoms with Gasteiger partial charge in [0.15, 0.2) is 0 Å². The Morgan fingerprint density at radius 3 is 2.55 bits per heavy atom. The molecule has 1 heterocycles. The first-order valence-corrected chi connectivity index (χ1v) is 11.5. The predicted octanol–water partition coefficient (Wildman–Crippen LogP) is 2.69. The van der Waals surface area contributed by atoms with Gasteiger partial charge >= 0.3 is 0 Å². The van der Waals surface area contributed by atoms with Crippen molar-refractivity contribution in [3.8, 4) is 5.75 Å². The molecule has 31 heavy (non-hydrogen) atoms. The number of ether oxygens (including phenoxy) is 1. The summed E-state index contributed by atoms with van der Waals surface area (Å²) in [4.78, 5) is 25.6. The van der Waals surface area contributed by atoms with Gasteiger partial charge in [-0.2, -0.15) is 11.8 Å². The highest BCUT2D eigenvalue weighted by Crippen LogP contribution is 2.16. The second-order valence-corrected chi connectivity index (χ2v) is 8.30. The summed E-state index contributed by atoms with van der Waals surface area (Å²) in [5.41, 5.74) is 3.38. The highest BCUT2D eigenvalue weighted by atomic mass is 35.5. The van der Waals surface area contributed by atoms with Gasteiger partial charge in [0.05, 0.1) is 13.2 Å². The van der Waals surface area contributed by atoms with Gasteiger partial charge in [-0.25, -0.2) is 0 Å². The molecule has 168 valence electrons. The van der Waals surface area contributed by atoms with Gasteiger partial charge in [0.25, 0.3) is 0 Å². The molecule has 0 radical (unpaired) electrons. The molecular formula is C23H30ClN3O3S. The van der Waals surface area contributed by atoms with Gasteiger partial charge in [-0.3, -0.25) is 9.59 Å². The van der Waals surface area contributed by atoms with E-state index in [0.29, 0.717) is 25.9 Å². The monoisotopic (exact) mass is 463 g/mol. The van der Waals surface area contributed by atoms with Gasteiger partial charge in [-0.1, -0.05) is 36.4 Å². The number of carbonyl (C=O) groups is 2. The zero-order valence-electron chi connectivity index (χ0n) is 17.9. The maximum Gasteiger partial charge on any atom is 0.242 e. The third-order valence-corrected chi connectivity index (χ3v) is 5.91. The number of nitrogens with one attached hydrogen (secondary N) is 3. The van der Waals surface area contributed by atoms with Crippen molar-refractivity contribution in [3.05, 3.63) is 65.2 Å². The fourth-order valence-electron chi connectivity index (χ4n) is 3.47. The molecule has 0 saturated heterocycles. The van der Waals surface area contributed by atoms with Crippen LogP contribution in [0.15, 0.2) is 48.5 Å². The van der Waals surface area contributed by atoms with Gasteiger partial charge < -0.3 is 20.7 Å². The van der Waals surface area contributed by atoms with Crippen LogP contribution in [-0.4, -0.2) is 43.0 Å². The Morgan fingerprint density at radius 2 is 1.87 bits per heavy atom. The van der Waals surface area contributed by atoms with E-state index in [1.807, 2.05) is 42.7 Å². The topological polar surface area (TPSA) is 79.5 Å². The zero-order valence-corrected chi connectivity index (χ0v) is 19.5. The van der Waals surface area contributed by atoms with Crippen molar-refractivity contribution in [2.75, 3.05) is 19.1 Å². The molecule has 2 amide bonds. The number of halogens is 1. The van der Waals surface area contributed by atoms with Crippen LogP contribution >= 0.6 is 24.2 Å². The van der Waals surface area contributed by atoms with Gasteiger partial charge in [-0.05, 0) is 53.7 Å². The number of benzene rings is 2. The molecule has 0 spiro atoms. The average Bonchev–Trinajstić information content (AvgIpc) is 2.80. The van der Waals surface area contributed by atoms with E-state index in [4.69, 9.17) is 4.74 Å². The van der Waals surface area contributed by atoms with Gasteiger partial charge in [0, 0.05) is 13.1 Å². The first kappa shape index (κ1) is 25.0. The average molecular weight is 464 g/mol. The Hall–Kier alpha value is -2.22. The molecule has 0 saturated carbocycles. The number of amides is 2. The normalized spacial score (nSPS) is 15.7. The van der Waals surface area contributed by atoms with Gasteiger partial charge in [-0.15, -0.1) is 12.4 Å². The molecule has 0 unspecified atom stereocenters. The summed E-state index contributed by atoms with van der Waals surface area (Å²) in [5, 5.41) is 9.19. The lowest BCUT2D eigenvalue weighted by atomic mass is 9.95. The summed E-state index contributed by atoms with van der Waals surface area (Å²) in [6, 6.07) is 14.8. The molecule has 2 aromatic rings. The van der Waals surface area contributed by atoms with E-state index < -0.39 is 6.04 Å². The van der Waals surface area contributed by atoms with Crippen LogP contribution in [0.3, 0.4) is 0 Å². The minimum atomic E-state index is -0.554. The lowest BCUT2D eigenvalue weighted by molar-refractivity contribution is -0.130. The molecule has 2 atom stereocenters. The molecule has 0 bridgehead atoms. The molecule has 0 aliphatic carbocycles. The Kier molecular flexibility index (Phi) is 10.2. The number of fused-ring (bicyclic) bond motifs is 1. The van der Waals surface area contributed by atoms with Crippen LogP contribution < -0.4 is 20.7 Å². The van der Waals surface area contributed by atoms with Crippen LogP contribution in [0.4, 0.5) is 0 Å². The lowest BCUT2D eigenvalue weighted by Gasteiger charge is -2.27. The summed E-state index contributed by atoms with van der Waals surface area (Å²) in [5.74, 6) is 1.28. The number of hydrogen-bond acceptors (Lipinski definition) is 5. The smallest absolute Gasteiger partial charge is 0.242 e. The first-order chi connectivity index (χ1) is 14.6. The van der Waals surface area contributed by atoms with Crippen molar-refractivity contribution in [1.82, 2.24) is 16.0 Å². The molecule has 1 aliphatic heterocycles. The highest BCUT2D eigenvalue weighted by molar-refractivity contribution is 7.98. The second-order valence-electron chi connectivity index (χ2n) is 7.31. The van der Waals surface area contributed by atoms with Crippen molar-refractivity contribution in [1.29, 1.82) is 0 Å². The molecule has 3 N–H and O–H groups in total. The summed E-state index contributed by atoms with van der Waals surface area (Å²) in [7, 11) is 1.62. The first-order valence-electron chi connectivity index (χ1n) is 10.1. The molecule has 6 nitrogen and oxygen atoms in total. The minimum Gasteiger partial charge on any atom is -0.497 e. The Morgan fingerprint density at radius 1 is 1.16 bits per heavy atom. The Bertz CT molecular complexity index is 863. The van der Waals surface area contributed by atoms with Crippen molar-refractivity contribution in [3.63, 3.8) is 0 Å². The molecule has 0 fully saturated rings. The number of thioether (sulfide) groups is 1. The fourth-order valence-corrected chi connectivity index (χ4v) is 3.94. The standard InChI is InChI=1S/C23H29N3O3S.ClH/c1-29-19-9-7-16(8-10-19)14-25-22(27)20(11-12-30-2)26-23(28)21-13-17-5-3-4-6-18(17)15-24-21;/h3-10,20-21,24H,11-15H2,1-2H3,(H,25,27)(H,26,28);1H/t20-,21-;/m0./s1. The number of carbonyl (C=O) groups excluding carboxylic acids is 2. The van der Waals surface area contributed by atoms with E-state index in [-0.39, 0.29) is 30.3 Å². The van der Waals surface area contributed by atoms with E-state index in [1.165, 1.54) is 11.1 Å². The largest absolute Gasteiger partial charge is 0.497 e. The van der Waals surface area contributed by atoms with Crippen LogP contribution in [0.2, 0.25) is 0 Å². The third kappa shape index (κ3) is 7.16. The molecule has 2 aromatic carbocycles. The zero-order chi connectivity index (χ0) is 21.3. The van der Waals surface area contributed by atoms with E-state index in [1.54, 1.807) is 18.9 Å². The predicted molar refractivity (Wildman–Crippen MR) is 128 cm³/mol. The number of methoxy groups -OCH3 is 1. The summed E-state index contributed by atoms with van der Waals surface area (Å²) in [6.07, 6.45) is 3.21. The Balaban J connectivity index is 0.00000341. The van der Waals surface area contributed by atoms with E-state index in [0.717, 1.165) is 17.1 Å². The SMILES string of the molecule is COc1ccc(CNC(=O)[C@H](CCSC)NC(=O)[C@@H]2Cc3ccccc3CN2)cc1.Cl. The maximum atomic E-state index is 12.9. The molecule has 0 aromatic heterocycles. The summed E-state index contributed by atoms with van der Waals surface area (Å²) in [6.45, 7) is 1.07. The van der Waals surface area contributed by atoms with E-state index in [9.17, 15) is 9.59 Å². The summed E-state index contributed by atoms with van der Waals surface area (Å²) >= 11 is 1.66. The van der Waals surface area contributed by atoms with Crippen LogP contribution in [0, 0.1) is 0 Å². The van der Waals surface area contributed by atoms with Crippen molar-refractivity contribution in [2.45, 2.75) is 38.0 Å². The molecule has 8 heteroatoms. The van der Waals surface area contributed by atoms with Gasteiger partial charge in [0.2, 0.25) is 11.8 Å². The molecule has 3 rings (SSSR count). The van der Waals surface area contributed by atoms with Crippen LogP contribution in [0.25, 0.3) is 0 Å². The quantitative estimate of drug-likeness (QED) is 0.533. The summed E-state index contributed by atoms with van der Waals surface area (Å²) < 4.78 is 5.16.